The number of hydrogen-bond acceptors (Lipinski definition) is 6. The minimum atomic E-state index is -4.46. The minimum absolute atomic E-state index is 0.217. The Morgan fingerprint density at radius 1 is 1.15 bits per heavy atom. The van der Waals surface area contributed by atoms with Gasteiger partial charge in [-0.1, -0.05) is 19.1 Å². The summed E-state index contributed by atoms with van der Waals surface area (Å²) in [6.07, 6.45) is 2.25. The molecule has 33 heavy (non-hydrogen) atoms. The maximum absolute atomic E-state index is 12.9. The summed E-state index contributed by atoms with van der Waals surface area (Å²) >= 11 is 1.59. The molecule has 172 valence electrons. The molecule has 1 fully saturated rings. The molecule has 1 saturated carbocycles. The number of hydrogen-bond donors (Lipinski definition) is 2. The average molecular weight is 474 g/mol. The Hall–Kier alpha value is -3.14. The van der Waals surface area contributed by atoms with E-state index in [-0.39, 0.29) is 5.91 Å². The van der Waals surface area contributed by atoms with Crippen molar-refractivity contribution in [2.75, 3.05) is 10.0 Å². The van der Waals surface area contributed by atoms with Gasteiger partial charge in [0.15, 0.2) is 0 Å². The highest BCUT2D eigenvalue weighted by Crippen LogP contribution is 2.34. The molecule has 1 atom stereocenters. The fraction of sp³-hybridized carbons (Fsp3) is 0.304. The number of carbonyl (C=O) groups is 1. The first-order chi connectivity index (χ1) is 15.8. The number of anilines is 2. The van der Waals surface area contributed by atoms with E-state index < -0.39 is 17.7 Å². The Kier molecular flexibility index (Phi) is 6.83. The Labute approximate surface area is 193 Å². The maximum atomic E-state index is 12.9. The van der Waals surface area contributed by atoms with Gasteiger partial charge in [0.2, 0.25) is 11.9 Å². The van der Waals surface area contributed by atoms with E-state index in [1.54, 1.807) is 48.5 Å². The largest absolute Gasteiger partial charge is 0.417 e. The van der Waals surface area contributed by atoms with E-state index in [0.29, 0.717) is 40.1 Å². The first-order valence-electron chi connectivity index (χ1n) is 10.5. The number of halogens is 3. The molecule has 2 aromatic heterocycles. The minimum Gasteiger partial charge on any atom is -0.326 e. The summed E-state index contributed by atoms with van der Waals surface area (Å²) in [5.74, 6) is -0.202. The summed E-state index contributed by atoms with van der Waals surface area (Å²) in [5, 5.41) is 3.46. The zero-order chi connectivity index (χ0) is 23.4. The topological polar surface area (TPSA) is 79.8 Å². The molecule has 1 aliphatic carbocycles. The van der Waals surface area contributed by atoms with Crippen LogP contribution >= 0.6 is 11.9 Å². The van der Waals surface area contributed by atoms with E-state index >= 15 is 0 Å². The van der Waals surface area contributed by atoms with Crippen LogP contribution in [-0.2, 0) is 11.0 Å². The molecule has 0 bridgehead atoms. The monoisotopic (exact) mass is 473 g/mol. The van der Waals surface area contributed by atoms with Crippen molar-refractivity contribution in [3.8, 4) is 11.1 Å². The van der Waals surface area contributed by atoms with E-state index in [9.17, 15) is 18.0 Å². The summed E-state index contributed by atoms with van der Waals surface area (Å²) in [5.41, 5.74) is 1.27. The zero-order valence-corrected chi connectivity index (χ0v) is 18.6. The zero-order valence-electron chi connectivity index (χ0n) is 17.8. The van der Waals surface area contributed by atoms with Crippen LogP contribution in [0, 0.1) is 0 Å². The fourth-order valence-corrected chi connectivity index (χ4v) is 3.94. The molecule has 0 spiro atoms. The highest BCUT2D eigenvalue weighted by atomic mass is 32.2. The van der Waals surface area contributed by atoms with Crippen LogP contribution < -0.4 is 10.0 Å². The van der Waals surface area contributed by atoms with Gasteiger partial charge in [-0.25, -0.2) is 9.97 Å². The summed E-state index contributed by atoms with van der Waals surface area (Å²) in [6, 6.07) is 9.38. The molecule has 1 unspecified atom stereocenters. The molecule has 6 nitrogen and oxygen atoms in total. The lowest BCUT2D eigenvalue weighted by atomic mass is 10.0. The fourth-order valence-electron chi connectivity index (χ4n) is 3.19. The molecule has 2 heterocycles. The second kappa shape index (κ2) is 9.78. The Bertz CT molecular complexity index is 1120. The number of carbonyl (C=O) groups excluding carboxylic acids is 1. The van der Waals surface area contributed by atoms with Crippen molar-refractivity contribution >= 4 is 29.5 Å². The number of amides is 1. The van der Waals surface area contributed by atoms with Gasteiger partial charge in [-0.2, -0.15) is 13.2 Å². The third-order valence-corrected chi connectivity index (χ3v) is 6.26. The third kappa shape index (κ3) is 6.01. The van der Waals surface area contributed by atoms with Crippen molar-refractivity contribution in [2.45, 2.75) is 43.5 Å². The van der Waals surface area contributed by atoms with E-state index in [1.165, 1.54) is 19.0 Å². The molecule has 0 aliphatic heterocycles. The van der Waals surface area contributed by atoms with Gasteiger partial charge in [-0.15, -0.1) is 0 Å². The number of aromatic nitrogens is 3. The molecular weight excluding hydrogens is 451 g/mol. The number of nitrogens with zero attached hydrogens (tertiary/aromatic N) is 3. The highest BCUT2D eigenvalue weighted by molar-refractivity contribution is 8.01. The number of pyridine rings is 1. The normalized spacial score (nSPS) is 14.5. The lowest BCUT2D eigenvalue weighted by Crippen LogP contribution is -2.21. The first-order valence-corrected chi connectivity index (χ1v) is 11.4. The SMILES string of the molecule is CCC(C(=O)Nc1ccc(-c2cncc(C(F)(F)F)c2)cc1)c1ccnc(NSC2CC2)n1. The molecule has 10 heteroatoms. The quantitative estimate of drug-likeness (QED) is 0.396. The predicted octanol–water partition coefficient (Wildman–Crippen LogP) is 5.91. The van der Waals surface area contributed by atoms with Crippen LogP contribution in [0.5, 0.6) is 0 Å². The molecule has 2 N–H and O–H groups in total. The van der Waals surface area contributed by atoms with Gasteiger partial charge in [0.25, 0.3) is 0 Å². The average Bonchev–Trinajstić information content (AvgIpc) is 3.63. The maximum Gasteiger partial charge on any atom is 0.417 e. The molecule has 3 aromatic rings. The van der Waals surface area contributed by atoms with Crippen LogP contribution in [-0.4, -0.2) is 26.1 Å². The Morgan fingerprint density at radius 2 is 1.91 bits per heavy atom. The number of nitrogens with one attached hydrogen (secondary N) is 2. The van der Waals surface area contributed by atoms with Crippen LogP contribution in [0.3, 0.4) is 0 Å². The first kappa shape index (κ1) is 23.0. The van der Waals surface area contributed by atoms with Crippen LogP contribution in [0.15, 0.2) is 55.0 Å². The number of benzene rings is 1. The molecule has 4 rings (SSSR count). The van der Waals surface area contributed by atoms with E-state index in [1.807, 2.05) is 6.92 Å². The van der Waals surface area contributed by atoms with Gasteiger partial charge in [-0.05, 0) is 61.0 Å². The molecule has 0 radical (unpaired) electrons. The second-order valence-electron chi connectivity index (χ2n) is 7.71. The van der Waals surface area contributed by atoms with Crippen LogP contribution in [0.2, 0.25) is 0 Å². The number of rotatable bonds is 8. The smallest absolute Gasteiger partial charge is 0.326 e. The lowest BCUT2D eigenvalue weighted by molar-refractivity contribution is -0.137. The van der Waals surface area contributed by atoms with Gasteiger partial charge < -0.3 is 5.32 Å². The van der Waals surface area contributed by atoms with Crippen molar-refractivity contribution in [1.82, 2.24) is 15.0 Å². The second-order valence-corrected chi connectivity index (χ2v) is 8.82. The van der Waals surface area contributed by atoms with E-state index in [4.69, 9.17) is 0 Å². The number of alkyl halides is 3. The van der Waals surface area contributed by atoms with Crippen molar-refractivity contribution in [2.24, 2.45) is 0 Å². The predicted molar refractivity (Wildman–Crippen MR) is 123 cm³/mol. The summed E-state index contributed by atoms with van der Waals surface area (Å²) in [4.78, 5) is 25.3. The summed E-state index contributed by atoms with van der Waals surface area (Å²) < 4.78 is 42.0. The van der Waals surface area contributed by atoms with Crippen molar-refractivity contribution in [3.63, 3.8) is 0 Å². The van der Waals surface area contributed by atoms with Crippen LogP contribution in [0.25, 0.3) is 11.1 Å². The van der Waals surface area contributed by atoms with Gasteiger partial charge in [0.1, 0.15) is 0 Å². The van der Waals surface area contributed by atoms with Crippen molar-refractivity contribution in [3.05, 3.63) is 66.2 Å². The molecule has 1 amide bonds. The van der Waals surface area contributed by atoms with Gasteiger partial charge in [0.05, 0.1) is 17.2 Å². The molecular formula is C23H22F3N5OS. The van der Waals surface area contributed by atoms with Gasteiger partial charge >= 0.3 is 6.18 Å². The van der Waals surface area contributed by atoms with Crippen LogP contribution in [0.1, 0.15) is 43.4 Å². The third-order valence-electron chi connectivity index (χ3n) is 5.15. The van der Waals surface area contributed by atoms with Gasteiger partial charge in [-0.3, -0.25) is 14.5 Å². The van der Waals surface area contributed by atoms with Crippen molar-refractivity contribution < 1.29 is 18.0 Å². The lowest BCUT2D eigenvalue weighted by Gasteiger charge is -2.15. The molecule has 0 saturated heterocycles. The summed E-state index contributed by atoms with van der Waals surface area (Å²) in [6.45, 7) is 1.90. The Morgan fingerprint density at radius 3 is 2.58 bits per heavy atom. The molecule has 1 aliphatic rings. The van der Waals surface area contributed by atoms with E-state index in [0.717, 1.165) is 12.3 Å². The van der Waals surface area contributed by atoms with Gasteiger partial charge in [0, 0.05) is 35.1 Å². The Balaban J connectivity index is 1.44. The highest BCUT2D eigenvalue weighted by Gasteiger charge is 2.31. The molecule has 1 aromatic carbocycles. The van der Waals surface area contributed by atoms with Crippen molar-refractivity contribution in [1.29, 1.82) is 0 Å². The van der Waals surface area contributed by atoms with E-state index in [2.05, 4.69) is 25.0 Å². The summed E-state index contributed by atoms with van der Waals surface area (Å²) in [7, 11) is 0. The van der Waals surface area contributed by atoms with Crippen LogP contribution in [0.4, 0.5) is 24.8 Å². The standard InChI is InChI=1S/C23H22F3N5OS/c1-2-19(20-9-10-28-22(30-20)31-33-18-7-8-18)21(32)29-17-5-3-14(4-6-17)15-11-16(13-27-12-15)23(24,25)26/h3-6,9-13,18-19H,2,7-8H2,1H3,(H,29,32)(H,28,30,31).